The number of benzene rings is 3. The van der Waals surface area contributed by atoms with Crippen molar-refractivity contribution in [2.75, 3.05) is 5.32 Å². The van der Waals surface area contributed by atoms with Crippen molar-refractivity contribution in [3.8, 4) is 0 Å². The van der Waals surface area contributed by atoms with Crippen LogP contribution >= 0.6 is 0 Å². The number of rotatable bonds is 4. The Kier molecular flexibility index (Phi) is 4.54. The molecule has 3 aromatic rings. The number of hydrogen-bond acceptors (Lipinski definition) is 1. The first-order chi connectivity index (χ1) is 15.5. The minimum Gasteiger partial charge on any atom is -0.322 e. The topological polar surface area (TPSA) is 29.1 Å². The van der Waals surface area contributed by atoms with Gasteiger partial charge in [0.05, 0.1) is 0 Å². The van der Waals surface area contributed by atoms with Crippen molar-refractivity contribution in [2.24, 2.45) is 11.8 Å². The van der Waals surface area contributed by atoms with Crippen LogP contribution in [-0.4, -0.2) is 5.91 Å². The molecule has 7 rings (SSSR count). The van der Waals surface area contributed by atoms with Crippen LogP contribution in [0.15, 0.2) is 78.9 Å². The lowest BCUT2D eigenvalue weighted by molar-refractivity contribution is -0.0281. The number of carbonyl (C=O) groups excluding carboxylic acids is 1. The summed E-state index contributed by atoms with van der Waals surface area (Å²) >= 11 is 0. The monoisotopic (exact) mass is 421 g/mol. The number of anilines is 1. The second kappa shape index (κ2) is 7.33. The standard InChI is InChI=1S/C30H31NO/c1-21-7-9-24(10-8-21)28(32)31-27-13-11-26(12-14-27)30-18-22-15-23(19-30)17-29(16-22,20-30)25-5-3-2-4-6-25/h2-14,22-23H,15-20H2,1H3,(H,31,32). The van der Waals surface area contributed by atoms with E-state index >= 15 is 0 Å². The summed E-state index contributed by atoms with van der Waals surface area (Å²) in [5, 5.41) is 3.07. The Morgan fingerprint density at radius 2 is 1.31 bits per heavy atom. The molecule has 4 saturated carbocycles. The molecular formula is C30H31NO. The molecule has 0 saturated heterocycles. The fraction of sp³-hybridized carbons (Fsp3) is 0.367. The first-order valence-corrected chi connectivity index (χ1v) is 12.1. The zero-order valence-corrected chi connectivity index (χ0v) is 18.8. The van der Waals surface area contributed by atoms with E-state index in [0.717, 1.165) is 23.1 Å². The van der Waals surface area contributed by atoms with Gasteiger partial charge >= 0.3 is 0 Å². The van der Waals surface area contributed by atoms with Crippen molar-refractivity contribution < 1.29 is 4.79 Å². The molecule has 1 amide bonds. The highest BCUT2D eigenvalue weighted by molar-refractivity contribution is 6.04. The van der Waals surface area contributed by atoms with E-state index in [1.54, 1.807) is 5.56 Å². The second-order valence-electron chi connectivity index (χ2n) is 10.8. The molecule has 2 heteroatoms. The molecule has 162 valence electrons. The van der Waals surface area contributed by atoms with Gasteiger partial charge in [-0.2, -0.15) is 0 Å². The molecule has 0 spiro atoms. The predicted molar refractivity (Wildman–Crippen MR) is 130 cm³/mol. The largest absolute Gasteiger partial charge is 0.322 e. The van der Waals surface area contributed by atoms with Crippen molar-refractivity contribution in [1.82, 2.24) is 0 Å². The SMILES string of the molecule is Cc1ccc(C(=O)Nc2ccc(C34CC5CC(CC(c6ccccc6)(C5)C3)C4)cc2)cc1. The van der Waals surface area contributed by atoms with Crippen molar-refractivity contribution >= 4 is 11.6 Å². The Balaban J connectivity index is 1.26. The Bertz CT molecular complexity index is 1120. The number of aryl methyl sites for hydroxylation is 1. The van der Waals surface area contributed by atoms with Gasteiger partial charge in [-0.25, -0.2) is 0 Å². The third-order valence-electron chi connectivity index (χ3n) is 8.52. The molecule has 0 radical (unpaired) electrons. The van der Waals surface area contributed by atoms with Gasteiger partial charge in [-0.05, 0) is 104 Å². The Labute approximate surface area is 191 Å². The van der Waals surface area contributed by atoms with E-state index < -0.39 is 0 Å². The van der Waals surface area contributed by atoms with Crippen molar-refractivity contribution in [3.05, 3.63) is 101 Å². The molecule has 0 aromatic heterocycles. The van der Waals surface area contributed by atoms with Crippen LogP contribution in [0.3, 0.4) is 0 Å². The average Bonchev–Trinajstić information content (AvgIpc) is 2.80. The van der Waals surface area contributed by atoms with Crippen LogP contribution in [0, 0.1) is 18.8 Å². The molecule has 3 aromatic carbocycles. The summed E-state index contributed by atoms with van der Waals surface area (Å²) in [7, 11) is 0. The molecule has 0 heterocycles. The van der Waals surface area contributed by atoms with Crippen LogP contribution < -0.4 is 5.32 Å². The van der Waals surface area contributed by atoms with Crippen LogP contribution in [0.2, 0.25) is 0 Å². The van der Waals surface area contributed by atoms with Crippen LogP contribution in [0.1, 0.15) is 65.6 Å². The quantitative estimate of drug-likeness (QED) is 0.481. The second-order valence-corrected chi connectivity index (χ2v) is 10.8. The molecule has 1 N–H and O–H groups in total. The third-order valence-corrected chi connectivity index (χ3v) is 8.52. The van der Waals surface area contributed by atoms with E-state index in [-0.39, 0.29) is 5.91 Å². The molecule has 4 bridgehead atoms. The molecule has 0 aliphatic heterocycles. The van der Waals surface area contributed by atoms with Crippen LogP contribution in [0.5, 0.6) is 0 Å². The highest BCUT2D eigenvalue weighted by atomic mass is 16.1. The predicted octanol–water partition coefficient (Wildman–Crippen LogP) is 7.04. The lowest BCUT2D eigenvalue weighted by Crippen LogP contribution is -2.55. The van der Waals surface area contributed by atoms with Crippen molar-refractivity contribution in [2.45, 2.75) is 56.3 Å². The van der Waals surface area contributed by atoms with Gasteiger partial charge in [-0.1, -0.05) is 60.2 Å². The zero-order chi connectivity index (χ0) is 21.8. The summed E-state index contributed by atoms with van der Waals surface area (Å²) in [4.78, 5) is 12.6. The van der Waals surface area contributed by atoms with Crippen molar-refractivity contribution in [1.29, 1.82) is 0 Å². The maximum Gasteiger partial charge on any atom is 0.255 e. The molecule has 32 heavy (non-hydrogen) atoms. The summed E-state index contributed by atoms with van der Waals surface area (Å²) in [5.74, 6) is 1.64. The summed E-state index contributed by atoms with van der Waals surface area (Å²) in [5.41, 5.74) is 6.41. The van der Waals surface area contributed by atoms with Gasteiger partial charge in [0.25, 0.3) is 5.91 Å². The van der Waals surface area contributed by atoms with Gasteiger partial charge < -0.3 is 5.32 Å². The Morgan fingerprint density at radius 1 is 0.750 bits per heavy atom. The van der Waals surface area contributed by atoms with E-state index in [4.69, 9.17) is 0 Å². The summed E-state index contributed by atoms with van der Waals surface area (Å²) in [6, 6.07) is 27.8. The van der Waals surface area contributed by atoms with E-state index in [9.17, 15) is 4.79 Å². The van der Waals surface area contributed by atoms with Gasteiger partial charge in [0, 0.05) is 11.3 Å². The lowest BCUT2D eigenvalue weighted by Gasteiger charge is -2.62. The average molecular weight is 422 g/mol. The van der Waals surface area contributed by atoms with Crippen molar-refractivity contribution in [3.63, 3.8) is 0 Å². The van der Waals surface area contributed by atoms with Crippen LogP contribution in [-0.2, 0) is 10.8 Å². The number of hydrogen-bond donors (Lipinski definition) is 1. The third kappa shape index (κ3) is 3.28. The van der Waals surface area contributed by atoms with Crippen LogP contribution in [0.25, 0.3) is 0 Å². The molecule has 4 fully saturated rings. The maximum atomic E-state index is 12.6. The van der Waals surface area contributed by atoms with Gasteiger partial charge in [-0.15, -0.1) is 0 Å². The fourth-order valence-corrected chi connectivity index (χ4v) is 7.55. The molecule has 2 unspecified atom stereocenters. The molecule has 4 aliphatic rings. The van der Waals surface area contributed by atoms with Gasteiger partial charge in [0.2, 0.25) is 0 Å². The normalized spacial score (nSPS) is 30.3. The first kappa shape index (κ1) is 19.8. The number of nitrogens with one attached hydrogen (secondary N) is 1. The zero-order valence-electron chi connectivity index (χ0n) is 18.8. The van der Waals surface area contributed by atoms with Gasteiger partial charge in [0.15, 0.2) is 0 Å². The Morgan fingerprint density at radius 3 is 1.91 bits per heavy atom. The van der Waals surface area contributed by atoms with E-state index in [1.165, 1.54) is 44.1 Å². The Hall–Kier alpha value is -2.87. The fourth-order valence-electron chi connectivity index (χ4n) is 7.55. The molecule has 2 atom stereocenters. The number of carbonyl (C=O) groups is 1. The van der Waals surface area contributed by atoms with E-state index in [2.05, 4.69) is 59.9 Å². The van der Waals surface area contributed by atoms with Gasteiger partial charge in [0.1, 0.15) is 0 Å². The maximum absolute atomic E-state index is 12.6. The lowest BCUT2D eigenvalue weighted by atomic mass is 9.42. The summed E-state index contributed by atoms with van der Waals surface area (Å²) in [6.07, 6.45) is 8.06. The molecule has 4 aliphatic carbocycles. The van der Waals surface area contributed by atoms with Gasteiger partial charge in [-0.3, -0.25) is 4.79 Å². The first-order valence-electron chi connectivity index (χ1n) is 12.1. The number of amides is 1. The summed E-state index contributed by atoms with van der Waals surface area (Å²) < 4.78 is 0. The van der Waals surface area contributed by atoms with E-state index in [1.807, 2.05) is 31.2 Å². The van der Waals surface area contributed by atoms with Crippen LogP contribution in [0.4, 0.5) is 5.69 Å². The highest BCUT2D eigenvalue weighted by Gasteiger charge is 2.58. The molecular weight excluding hydrogens is 390 g/mol. The highest BCUT2D eigenvalue weighted by Crippen LogP contribution is 2.66. The minimum absolute atomic E-state index is 0.0458. The smallest absolute Gasteiger partial charge is 0.255 e. The minimum atomic E-state index is -0.0458. The molecule has 2 nitrogen and oxygen atoms in total. The summed E-state index contributed by atoms with van der Waals surface area (Å²) in [6.45, 7) is 2.03. The van der Waals surface area contributed by atoms with E-state index in [0.29, 0.717) is 16.4 Å².